The first-order valence-corrected chi connectivity index (χ1v) is 9.71. The van der Waals surface area contributed by atoms with Crippen LogP contribution in [-0.4, -0.2) is 36.4 Å². The SMILES string of the molecule is COc1cccc(-c2nc3c(Nc4ccc(-n5cncn5)c(O)c4)cccn3c2C)c1. The molecule has 0 aliphatic carbocycles. The number of imidazole rings is 1. The van der Waals surface area contributed by atoms with Crippen LogP contribution >= 0.6 is 0 Å². The van der Waals surface area contributed by atoms with Crippen LogP contribution in [0.2, 0.25) is 0 Å². The van der Waals surface area contributed by atoms with Crippen LogP contribution in [0.5, 0.6) is 11.5 Å². The summed E-state index contributed by atoms with van der Waals surface area (Å²) in [4.78, 5) is 8.81. The van der Waals surface area contributed by atoms with Gasteiger partial charge in [0.15, 0.2) is 5.65 Å². The van der Waals surface area contributed by atoms with Crippen LogP contribution in [0.3, 0.4) is 0 Å². The van der Waals surface area contributed by atoms with Gasteiger partial charge in [-0.3, -0.25) is 0 Å². The van der Waals surface area contributed by atoms with E-state index in [9.17, 15) is 5.11 Å². The van der Waals surface area contributed by atoms with Crippen LogP contribution in [0.15, 0.2) is 73.4 Å². The van der Waals surface area contributed by atoms with Crippen molar-refractivity contribution in [3.63, 3.8) is 0 Å². The number of aryl methyl sites for hydroxylation is 1. The third-order valence-corrected chi connectivity index (χ3v) is 5.15. The molecule has 0 amide bonds. The Kier molecular flexibility index (Phi) is 4.51. The Labute approximate surface area is 178 Å². The maximum atomic E-state index is 10.4. The highest BCUT2D eigenvalue weighted by atomic mass is 16.5. The Morgan fingerprint density at radius 2 is 1.97 bits per heavy atom. The van der Waals surface area contributed by atoms with Gasteiger partial charge in [-0.15, -0.1) is 0 Å². The van der Waals surface area contributed by atoms with Gasteiger partial charge in [-0.1, -0.05) is 12.1 Å². The molecule has 5 rings (SSSR count). The second kappa shape index (κ2) is 7.49. The van der Waals surface area contributed by atoms with E-state index in [0.717, 1.165) is 39.7 Å². The maximum absolute atomic E-state index is 10.4. The Morgan fingerprint density at radius 3 is 2.74 bits per heavy atom. The van der Waals surface area contributed by atoms with Gasteiger partial charge in [-0.05, 0) is 43.3 Å². The largest absolute Gasteiger partial charge is 0.506 e. The monoisotopic (exact) mass is 412 g/mol. The summed E-state index contributed by atoms with van der Waals surface area (Å²) in [5, 5.41) is 17.9. The molecule has 0 atom stereocenters. The van der Waals surface area contributed by atoms with Crippen molar-refractivity contribution >= 4 is 17.0 Å². The molecular formula is C23H20N6O2. The number of anilines is 2. The Morgan fingerprint density at radius 1 is 1.06 bits per heavy atom. The highest BCUT2D eigenvalue weighted by Gasteiger charge is 2.14. The van der Waals surface area contributed by atoms with Gasteiger partial charge < -0.3 is 19.6 Å². The number of phenolic OH excluding ortho intramolecular Hbond substituents is 1. The van der Waals surface area contributed by atoms with E-state index in [-0.39, 0.29) is 5.75 Å². The van der Waals surface area contributed by atoms with Crippen molar-refractivity contribution in [3.8, 4) is 28.4 Å². The number of fused-ring (bicyclic) bond motifs is 1. The van der Waals surface area contributed by atoms with E-state index in [0.29, 0.717) is 5.69 Å². The normalized spacial score (nSPS) is 11.0. The van der Waals surface area contributed by atoms with Crippen molar-refractivity contribution < 1.29 is 9.84 Å². The van der Waals surface area contributed by atoms with E-state index in [1.54, 1.807) is 19.2 Å². The van der Waals surface area contributed by atoms with Crippen molar-refractivity contribution in [2.24, 2.45) is 0 Å². The van der Waals surface area contributed by atoms with Gasteiger partial charge in [-0.25, -0.2) is 14.6 Å². The predicted octanol–water partition coefficient (Wildman–Crippen LogP) is 4.35. The fourth-order valence-electron chi connectivity index (χ4n) is 3.61. The molecule has 0 spiro atoms. The molecule has 2 N–H and O–H groups in total. The van der Waals surface area contributed by atoms with Gasteiger partial charge in [0.2, 0.25) is 0 Å². The van der Waals surface area contributed by atoms with Gasteiger partial charge in [0.05, 0.1) is 18.5 Å². The number of rotatable bonds is 5. The highest BCUT2D eigenvalue weighted by molar-refractivity contribution is 5.79. The van der Waals surface area contributed by atoms with Crippen molar-refractivity contribution in [3.05, 3.63) is 79.1 Å². The molecule has 2 aromatic carbocycles. The number of nitrogens with one attached hydrogen (secondary N) is 1. The van der Waals surface area contributed by atoms with Crippen molar-refractivity contribution in [1.82, 2.24) is 24.1 Å². The zero-order chi connectivity index (χ0) is 21.4. The molecular weight excluding hydrogens is 392 g/mol. The quantitative estimate of drug-likeness (QED) is 0.446. The molecule has 5 aromatic rings. The fraction of sp³-hybridized carbons (Fsp3) is 0.0870. The van der Waals surface area contributed by atoms with E-state index < -0.39 is 0 Å². The molecule has 3 aromatic heterocycles. The summed E-state index contributed by atoms with van der Waals surface area (Å²) in [5.74, 6) is 0.884. The molecule has 31 heavy (non-hydrogen) atoms. The highest BCUT2D eigenvalue weighted by Crippen LogP contribution is 2.32. The second-order valence-corrected chi connectivity index (χ2v) is 7.06. The lowest BCUT2D eigenvalue weighted by Gasteiger charge is -2.10. The summed E-state index contributed by atoms with van der Waals surface area (Å²) in [7, 11) is 1.65. The molecule has 0 saturated carbocycles. The first-order chi connectivity index (χ1) is 15.1. The molecule has 154 valence electrons. The van der Waals surface area contributed by atoms with Crippen molar-refractivity contribution in [1.29, 1.82) is 0 Å². The van der Waals surface area contributed by atoms with E-state index in [2.05, 4.69) is 15.4 Å². The molecule has 0 aliphatic rings. The number of methoxy groups -OCH3 is 1. The zero-order valence-electron chi connectivity index (χ0n) is 17.0. The molecule has 0 radical (unpaired) electrons. The number of hydrogen-bond acceptors (Lipinski definition) is 6. The zero-order valence-corrected chi connectivity index (χ0v) is 17.0. The van der Waals surface area contributed by atoms with Crippen molar-refractivity contribution in [2.45, 2.75) is 6.92 Å². The molecule has 8 heteroatoms. The van der Waals surface area contributed by atoms with E-state index in [4.69, 9.17) is 9.72 Å². The van der Waals surface area contributed by atoms with E-state index in [1.807, 2.05) is 60.0 Å². The first-order valence-electron chi connectivity index (χ1n) is 9.71. The van der Waals surface area contributed by atoms with Crippen LogP contribution in [0.4, 0.5) is 11.4 Å². The summed E-state index contributed by atoms with van der Waals surface area (Å²) in [5.41, 5.74) is 5.80. The molecule has 0 fully saturated rings. The summed E-state index contributed by atoms with van der Waals surface area (Å²) >= 11 is 0. The first kappa shape index (κ1) is 18.7. The van der Waals surface area contributed by atoms with Gasteiger partial charge in [-0.2, -0.15) is 5.10 Å². The van der Waals surface area contributed by atoms with Crippen LogP contribution in [-0.2, 0) is 0 Å². The van der Waals surface area contributed by atoms with Crippen molar-refractivity contribution in [2.75, 3.05) is 12.4 Å². The molecule has 0 aliphatic heterocycles. The number of benzene rings is 2. The lowest BCUT2D eigenvalue weighted by molar-refractivity contribution is 0.415. The number of hydrogen-bond donors (Lipinski definition) is 2. The lowest BCUT2D eigenvalue weighted by Crippen LogP contribution is -1.98. The molecule has 8 nitrogen and oxygen atoms in total. The van der Waals surface area contributed by atoms with E-state index >= 15 is 0 Å². The minimum atomic E-state index is 0.0963. The third-order valence-electron chi connectivity index (χ3n) is 5.15. The fourth-order valence-corrected chi connectivity index (χ4v) is 3.61. The number of nitrogens with zero attached hydrogens (tertiary/aromatic N) is 5. The van der Waals surface area contributed by atoms with Gasteiger partial charge >= 0.3 is 0 Å². The summed E-state index contributed by atoms with van der Waals surface area (Å²) in [6, 6.07) is 17.1. The molecule has 0 unspecified atom stereocenters. The summed E-state index contributed by atoms with van der Waals surface area (Å²) < 4.78 is 8.91. The number of phenols is 1. The minimum absolute atomic E-state index is 0.0963. The number of pyridine rings is 1. The standard InChI is InChI=1S/C23H20N6O2/c1-15-22(16-5-3-6-18(11-16)31-2)27-23-19(7-4-10-28(15)23)26-17-8-9-20(21(30)12-17)29-14-24-13-25-29/h3-14,26,30H,1-2H3. The van der Waals surface area contributed by atoms with Gasteiger partial charge in [0.25, 0.3) is 0 Å². The number of aromatic nitrogens is 5. The minimum Gasteiger partial charge on any atom is -0.506 e. The molecule has 0 saturated heterocycles. The van der Waals surface area contributed by atoms with E-state index in [1.165, 1.54) is 17.3 Å². The number of ether oxygens (including phenoxy) is 1. The summed E-state index contributed by atoms with van der Waals surface area (Å²) in [6.45, 7) is 2.04. The average Bonchev–Trinajstić information content (AvgIpc) is 3.43. The maximum Gasteiger partial charge on any atom is 0.161 e. The molecule has 0 bridgehead atoms. The van der Waals surface area contributed by atoms with Crippen LogP contribution in [0.1, 0.15) is 5.69 Å². The molecule has 3 heterocycles. The van der Waals surface area contributed by atoms with Crippen LogP contribution in [0.25, 0.3) is 22.6 Å². The lowest BCUT2D eigenvalue weighted by atomic mass is 10.1. The Balaban J connectivity index is 1.53. The Bertz CT molecular complexity index is 1370. The van der Waals surface area contributed by atoms with Crippen LogP contribution < -0.4 is 10.1 Å². The second-order valence-electron chi connectivity index (χ2n) is 7.06. The van der Waals surface area contributed by atoms with Gasteiger partial charge in [0.1, 0.15) is 29.8 Å². The Hall–Kier alpha value is -4.33. The smallest absolute Gasteiger partial charge is 0.161 e. The average molecular weight is 412 g/mol. The summed E-state index contributed by atoms with van der Waals surface area (Å²) in [6.07, 6.45) is 4.95. The van der Waals surface area contributed by atoms with Crippen LogP contribution in [0, 0.1) is 6.92 Å². The topological polar surface area (TPSA) is 89.5 Å². The third kappa shape index (κ3) is 3.33. The predicted molar refractivity (Wildman–Crippen MR) is 118 cm³/mol. The van der Waals surface area contributed by atoms with Gasteiger partial charge in [0, 0.05) is 29.2 Å². The number of aromatic hydroxyl groups is 1.